The summed E-state index contributed by atoms with van der Waals surface area (Å²) in [5, 5.41) is 0. The van der Waals surface area contributed by atoms with Gasteiger partial charge in [-0.2, -0.15) is 0 Å². The maximum atomic E-state index is 13.4. The first-order valence-corrected chi connectivity index (χ1v) is 7.68. The number of carbonyl (C=O) groups excluding carboxylic acids is 1. The van der Waals surface area contributed by atoms with E-state index in [4.69, 9.17) is 10.5 Å². The Morgan fingerprint density at radius 2 is 1.88 bits per heavy atom. The average Bonchev–Trinajstić information content (AvgIpc) is 3.00. The molecule has 2 aromatic carbocycles. The van der Waals surface area contributed by atoms with E-state index >= 15 is 0 Å². The highest BCUT2D eigenvalue weighted by molar-refractivity contribution is 5.85. The Bertz CT molecular complexity index is 745. The molecule has 1 amide bonds. The van der Waals surface area contributed by atoms with Gasteiger partial charge in [0.15, 0.2) is 11.6 Å². The van der Waals surface area contributed by atoms with E-state index in [0.29, 0.717) is 18.5 Å². The van der Waals surface area contributed by atoms with E-state index in [1.165, 1.54) is 11.0 Å². The molecule has 3 rings (SSSR count). The fraction of sp³-hybridized carbons (Fsp3) is 0.278. The van der Waals surface area contributed by atoms with Crippen LogP contribution in [0, 0.1) is 11.6 Å². The summed E-state index contributed by atoms with van der Waals surface area (Å²) in [5.41, 5.74) is 6.76. The highest BCUT2D eigenvalue weighted by atomic mass is 35.5. The van der Waals surface area contributed by atoms with Crippen LogP contribution in [0.15, 0.2) is 48.5 Å². The molecule has 25 heavy (non-hydrogen) atoms. The fourth-order valence-electron chi connectivity index (χ4n) is 2.84. The second-order valence-electron chi connectivity index (χ2n) is 6.00. The van der Waals surface area contributed by atoms with Gasteiger partial charge in [0, 0.05) is 13.1 Å². The molecular weight excluding hydrogens is 350 g/mol. The van der Waals surface area contributed by atoms with Gasteiger partial charge >= 0.3 is 6.09 Å². The molecular formula is C18H19ClF2N2O2. The smallest absolute Gasteiger partial charge is 0.410 e. The van der Waals surface area contributed by atoms with E-state index in [1.807, 2.05) is 30.3 Å². The molecule has 2 N–H and O–H groups in total. The zero-order chi connectivity index (χ0) is 17.2. The predicted octanol–water partition coefficient (Wildman–Crippen LogP) is 3.58. The van der Waals surface area contributed by atoms with Crippen molar-refractivity contribution in [1.82, 2.24) is 4.90 Å². The van der Waals surface area contributed by atoms with Crippen LogP contribution in [-0.2, 0) is 16.9 Å². The molecule has 2 aromatic rings. The summed E-state index contributed by atoms with van der Waals surface area (Å²) in [5.74, 6) is -1.86. The average molecular weight is 369 g/mol. The summed E-state index contributed by atoms with van der Waals surface area (Å²) in [4.78, 5) is 13.7. The SMILES string of the molecule is Cl.NC1(c2ccc(F)c(F)c2)CCN(C(=O)OCc2ccccc2)C1. The van der Waals surface area contributed by atoms with Gasteiger partial charge in [-0.3, -0.25) is 0 Å². The normalized spacial score (nSPS) is 19.4. The van der Waals surface area contributed by atoms with Gasteiger partial charge in [-0.1, -0.05) is 36.4 Å². The van der Waals surface area contributed by atoms with Gasteiger partial charge in [0.25, 0.3) is 0 Å². The minimum atomic E-state index is -0.942. The first-order chi connectivity index (χ1) is 11.5. The number of nitrogens with zero attached hydrogens (tertiary/aromatic N) is 1. The lowest BCUT2D eigenvalue weighted by Gasteiger charge is -2.25. The second-order valence-corrected chi connectivity index (χ2v) is 6.00. The summed E-state index contributed by atoms with van der Waals surface area (Å²) < 4.78 is 31.8. The van der Waals surface area contributed by atoms with Crippen LogP contribution in [0.5, 0.6) is 0 Å². The summed E-state index contributed by atoms with van der Waals surface area (Å²) in [6, 6.07) is 13.0. The van der Waals surface area contributed by atoms with Crippen LogP contribution in [0.25, 0.3) is 0 Å². The largest absolute Gasteiger partial charge is 0.445 e. The molecule has 0 radical (unpaired) electrons. The van der Waals surface area contributed by atoms with E-state index in [0.717, 1.165) is 17.7 Å². The van der Waals surface area contributed by atoms with Crippen LogP contribution < -0.4 is 5.73 Å². The van der Waals surface area contributed by atoms with Crippen molar-refractivity contribution < 1.29 is 18.3 Å². The molecule has 1 aliphatic heterocycles. The van der Waals surface area contributed by atoms with Gasteiger partial charge in [0.05, 0.1) is 5.54 Å². The number of carbonyl (C=O) groups is 1. The van der Waals surface area contributed by atoms with Crippen molar-refractivity contribution in [1.29, 1.82) is 0 Å². The molecule has 1 unspecified atom stereocenters. The number of hydrogen-bond acceptors (Lipinski definition) is 3. The van der Waals surface area contributed by atoms with Crippen molar-refractivity contribution >= 4 is 18.5 Å². The molecule has 1 saturated heterocycles. The van der Waals surface area contributed by atoms with E-state index in [9.17, 15) is 13.6 Å². The summed E-state index contributed by atoms with van der Waals surface area (Å²) in [6.07, 6.45) is -0.00726. The molecule has 134 valence electrons. The Morgan fingerprint density at radius 3 is 2.56 bits per heavy atom. The second kappa shape index (κ2) is 7.80. The molecule has 7 heteroatoms. The molecule has 0 bridgehead atoms. The van der Waals surface area contributed by atoms with Crippen LogP contribution in [-0.4, -0.2) is 24.1 Å². The number of likely N-dealkylation sites (tertiary alicyclic amines) is 1. The third-order valence-electron chi connectivity index (χ3n) is 4.26. The lowest BCUT2D eigenvalue weighted by atomic mass is 9.90. The predicted molar refractivity (Wildman–Crippen MR) is 92.3 cm³/mol. The Hall–Kier alpha value is -2.18. The zero-order valence-corrected chi connectivity index (χ0v) is 14.3. The Kier molecular flexibility index (Phi) is 5.98. The molecule has 0 spiro atoms. The number of amides is 1. The summed E-state index contributed by atoms with van der Waals surface area (Å²) in [6.45, 7) is 0.785. The first-order valence-electron chi connectivity index (χ1n) is 7.68. The lowest BCUT2D eigenvalue weighted by molar-refractivity contribution is 0.102. The molecule has 1 fully saturated rings. The Balaban J connectivity index is 0.00000225. The number of halogens is 3. The van der Waals surface area contributed by atoms with E-state index < -0.39 is 23.3 Å². The lowest BCUT2D eigenvalue weighted by Crippen LogP contribution is -2.41. The van der Waals surface area contributed by atoms with Gasteiger partial charge in [-0.05, 0) is 29.7 Å². The highest BCUT2D eigenvalue weighted by Crippen LogP contribution is 2.30. The highest BCUT2D eigenvalue weighted by Gasteiger charge is 2.39. The van der Waals surface area contributed by atoms with E-state index in [1.54, 1.807) is 0 Å². The third-order valence-corrected chi connectivity index (χ3v) is 4.26. The number of hydrogen-bond donors (Lipinski definition) is 1. The van der Waals surface area contributed by atoms with Crippen molar-refractivity contribution in [3.8, 4) is 0 Å². The Morgan fingerprint density at radius 1 is 1.16 bits per heavy atom. The molecule has 4 nitrogen and oxygen atoms in total. The van der Waals surface area contributed by atoms with Crippen LogP contribution in [0.2, 0.25) is 0 Å². The number of rotatable bonds is 3. The third kappa shape index (κ3) is 4.27. The van der Waals surface area contributed by atoms with Crippen LogP contribution in [0.1, 0.15) is 17.5 Å². The van der Waals surface area contributed by atoms with Crippen LogP contribution >= 0.6 is 12.4 Å². The first kappa shape index (κ1) is 19.1. The number of benzene rings is 2. The van der Waals surface area contributed by atoms with Crippen LogP contribution in [0.4, 0.5) is 13.6 Å². The maximum Gasteiger partial charge on any atom is 0.410 e. The van der Waals surface area contributed by atoms with Crippen molar-refractivity contribution in [2.45, 2.75) is 18.6 Å². The molecule has 1 aliphatic rings. The number of nitrogens with two attached hydrogens (primary N) is 1. The molecule has 0 aliphatic carbocycles. The van der Waals surface area contributed by atoms with E-state index in [-0.39, 0.29) is 25.6 Å². The molecule has 1 heterocycles. The topological polar surface area (TPSA) is 55.6 Å². The fourth-order valence-corrected chi connectivity index (χ4v) is 2.84. The minimum Gasteiger partial charge on any atom is -0.445 e. The van der Waals surface area contributed by atoms with Gasteiger partial charge in [-0.15, -0.1) is 12.4 Å². The van der Waals surface area contributed by atoms with Crippen molar-refractivity contribution in [3.63, 3.8) is 0 Å². The minimum absolute atomic E-state index is 0. The molecule has 1 atom stereocenters. The summed E-state index contributed by atoms with van der Waals surface area (Å²) >= 11 is 0. The maximum absolute atomic E-state index is 13.4. The zero-order valence-electron chi connectivity index (χ0n) is 13.5. The van der Waals surface area contributed by atoms with Gasteiger partial charge in [0.1, 0.15) is 6.61 Å². The van der Waals surface area contributed by atoms with Crippen molar-refractivity contribution in [3.05, 3.63) is 71.3 Å². The van der Waals surface area contributed by atoms with Gasteiger partial charge in [0.2, 0.25) is 0 Å². The Labute approximate surface area is 151 Å². The van der Waals surface area contributed by atoms with Gasteiger partial charge < -0.3 is 15.4 Å². The van der Waals surface area contributed by atoms with Crippen molar-refractivity contribution in [2.75, 3.05) is 13.1 Å². The standard InChI is InChI=1S/C18H18F2N2O2.ClH/c19-15-7-6-14(10-16(15)20)18(21)8-9-22(12-18)17(23)24-11-13-4-2-1-3-5-13;/h1-7,10H,8-9,11-12,21H2;1H. The molecule has 0 aromatic heterocycles. The van der Waals surface area contributed by atoms with Crippen molar-refractivity contribution in [2.24, 2.45) is 5.73 Å². The van der Waals surface area contributed by atoms with E-state index in [2.05, 4.69) is 0 Å². The summed E-state index contributed by atoms with van der Waals surface area (Å²) in [7, 11) is 0. The van der Waals surface area contributed by atoms with Gasteiger partial charge in [-0.25, -0.2) is 13.6 Å². The number of ether oxygens (including phenoxy) is 1. The van der Waals surface area contributed by atoms with Crippen LogP contribution in [0.3, 0.4) is 0 Å². The monoisotopic (exact) mass is 368 g/mol. The molecule has 0 saturated carbocycles. The quantitative estimate of drug-likeness (QED) is 0.900.